The number of nitrogens with zero attached hydrogens (tertiary/aromatic N) is 1. The van der Waals surface area contributed by atoms with E-state index < -0.39 is 9.84 Å². The topological polar surface area (TPSA) is 49.4 Å². The summed E-state index contributed by atoms with van der Waals surface area (Å²) in [5.41, 5.74) is 1.09. The van der Waals surface area contributed by atoms with Crippen molar-refractivity contribution in [1.82, 2.24) is 5.32 Å². The minimum absolute atomic E-state index is 0.149. The second-order valence-electron chi connectivity index (χ2n) is 5.23. The van der Waals surface area contributed by atoms with Crippen LogP contribution in [0.2, 0.25) is 0 Å². The first kappa shape index (κ1) is 15.3. The van der Waals surface area contributed by atoms with Crippen LogP contribution in [0, 0.1) is 0 Å². The van der Waals surface area contributed by atoms with Gasteiger partial charge in [0, 0.05) is 24.8 Å². The Morgan fingerprint density at radius 2 is 1.95 bits per heavy atom. The first-order chi connectivity index (χ1) is 9.56. The molecular formula is C15H24N2O2S. The highest BCUT2D eigenvalue weighted by molar-refractivity contribution is 7.91. The molecule has 1 aliphatic heterocycles. The Morgan fingerprint density at radius 3 is 2.45 bits per heavy atom. The molecule has 1 aliphatic rings. The summed E-state index contributed by atoms with van der Waals surface area (Å²) in [6, 6.07) is 7.83. The van der Waals surface area contributed by atoms with Crippen molar-refractivity contribution in [3.63, 3.8) is 0 Å². The maximum Gasteiger partial charge on any atom is 0.178 e. The van der Waals surface area contributed by atoms with Gasteiger partial charge >= 0.3 is 0 Å². The highest BCUT2D eigenvalue weighted by atomic mass is 32.2. The van der Waals surface area contributed by atoms with Gasteiger partial charge in [0.1, 0.15) is 0 Å². The number of benzene rings is 1. The predicted octanol–water partition coefficient (Wildman–Crippen LogP) is 2.06. The normalized spacial score (nSPS) is 19.2. The Bertz CT molecular complexity index is 519. The van der Waals surface area contributed by atoms with Crippen LogP contribution in [0.1, 0.15) is 26.7 Å². The van der Waals surface area contributed by atoms with Gasteiger partial charge in [-0.05, 0) is 50.6 Å². The third kappa shape index (κ3) is 3.52. The van der Waals surface area contributed by atoms with Crippen molar-refractivity contribution in [1.29, 1.82) is 0 Å². The van der Waals surface area contributed by atoms with E-state index in [-0.39, 0.29) is 5.75 Å². The fraction of sp³-hybridized carbons (Fsp3) is 0.600. The van der Waals surface area contributed by atoms with E-state index in [4.69, 9.17) is 0 Å². The Morgan fingerprint density at radius 1 is 1.25 bits per heavy atom. The fourth-order valence-corrected chi connectivity index (χ4v) is 3.51. The van der Waals surface area contributed by atoms with Gasteiger partial charge < -0.3 is 10.2 Å². The van der Waals surface area contributed by atoms with E-state index >= 15 is 0 Å². The van der Waals surface area contributed by atoms with E-state index in [0.717, 1.165) is 25.3 Å². The predicted molar refractivity (Wildman–Crippen MR) is 83.1 cm³/mol. The van der Waals surface area contributed by atoms with Gasteiger partial charge in [-0.3, -0.25) is 0 Å². The van der Waals surface area contributed by atoms with Crippen LogP contribution in [0.5, 0.6) is 0 Å². The van der Waals surface area contributed by atoms with Crippen molar-refractivity contribution in [3.05, 3.63) is 24.3 Å². The number of rotatable bonds is 6. The number of anilines is 1. The van der Waals surface area contributed by atoms with Gasteiger partial charge in [0.15, 0.2) is 9.84 Å². The van der Waals surface area contributed by atoms with Crippen LogP contribution in [0.15, 0.2) is 29.2 Å². The maximum absolute atomic E-state index is 11.8. The van der Waals surface area contributed by atoms with E-state index in [9.17, 15) is 8.42 Å². The average molecular weight is 296 g/mol. The van der Waals surface area contributed by atoms with Crippen LogP contribution in [-0.2, 0) is 9.84 Å². The SMILES string of the molecule is CCN(CC1CCCN1)c1ccc(S(=O)(=O)CC)cc1. The van der Waals surface area contributed by atoms with Gasteiger partial charge in [-0.2, -0.15) is 0 Å². The van der Waals surface area contributed by atoms with E-state index in [1.807, 2.05) is 12.1 Å². The maximum atomic E-state index is 11.8. The lowest BCUT2D eigenvalue weighted by Crippen LogP contribution is -2.37. The molecule has 1 unspecified atom stereocenters. The Labute approximate surface area is 122 Å². The molecule has 1 heterocycles. The lowest BCUT2D eigenvalue weighted by molar-refractivity contribution is 0.586. The molecule has 5 heteroatoms. The second-order valence-corrected chi connectivity index (χ2v) is 7.51. The highest BCUT2D eigenvalue weighted by Gasteiger charge is 2.18. The van der Waals surface area contributed by atoms with Gasteiger partial charge in [0.25, 0.3) is 0 Å². The summed E-state index contributed by atoms with van der Waals surface area (Å²) in [6.07, 6.45) is 2.47. The summed E-state index contributed by atoms with van der Waals surface area (Å²) in [5.74, 6) is 0.149. The Hall–Kier alpha value is -1.07. The summed E-state index contributed by atoms with van der Waals surface area (Å²) in [5, 5.41) is 3.50. The van der Waals surface area contributed by atoms with Crippen molar-refractivity contribution < 1.29 is 8.42 Å². The molecule has 2 rings (SSSR count). The molecule has 0 saturated carbocycles. The largest absolute Gasteiger partial charge is 0.370 e. The van der Waals surface area contributed by atoms with Crippen LogP contribution in [-0.4, -0.2) is 39.8 Å². The molecule has 0 aliphatic carbocycles. The first-order valence-electron chi connectivity index (χ1n) is 7.38. The molecule has 0 spiro atoms. The van der Waals surface area contributed by atoms with Crippen molar-refractivity contribution in [3.8, 4) is 0 Å². The minimum atomic E-state index is -3.10. The first-order valence-corrected chi connectivity index (χ1v) is 9.03. The molecule has 1 saturated heterocycles. The number of hydrogen-bond acceptors (Lipinski definition) is 4. The van der Waals surface area contributed by atoms with Crippen molar-refractivity contribution in [2.24, 2.45) is 0 Å². The summed E-state index contributed by atoms with van der Waals surface area (Å²) < 4.78 is 23.6. The third-order valence-electron chi connectivity index (χ3n) is 3.93. The molecule has 112 valence electrons. The molecule has 20 heavy (non-hydrogen) atoms. The molecule has 1 aromatic carbocycles. The van der Waals surface area contributed by atoms with Gasteiger partial charge in [-0.15, -0.1) is 0 Å². The lowest BCUT2D eigenvalue weighted by Gasteiger charge is -2.26. The van der Waals surface area contributed by atoms with E-state index in [1.165, 1.54) is 12.8 Å². The van der Waals surface area contributed by atoms with Gasteiger partial charge in [-0.1, -0.05) is 6.92 Å². The van der Waals surface area contributed by atoms with Gasteiger partial charge in [0.05, 0.1) is 10.6 Å². The molecular weight excluding hydrogens is 272 g/mol. The Kier molecular flexibility index (Phi) is 5.05. The zero-order valence-electron chi connectivity index (χ0n) is 12.3. The van der Waals surface area contributed by atoms with Crippen LogP contribution in [0.3, 0.4) is 0 Å². The highest BCUT2D eigenvalue weighted by Crippen LogP contribution is 2.20. The van der Waals surface area contributed by atoms with Gasteiger partial charge in [-0.25, -0.2) is 8.42 Å². The summed E-state index contributed by atoms with van der Waals surface area (Å²) in [6.45, 7) is 6.82. The van der Waals surface area contributed by atoms with Crippen LogP contribution >= 0.6 is 0 Å². The summed E-state index contributed by atoms with van der Waals surface area (Å²) in [7, 11) is -3.10. The van der Waals surface area contributed by atoms with E-state index in [1.54, 1.807) is 19.1 Å². The quantitative estimate of drug-likeness (QED) is 0.873. The molecule has 0 aromatic heterocycles. The van der Waals surface area contributed by atoms with Gasteiger partial charge in [0.2, 0.25) is 0 Å². The average Bonchev–Trinajstić information content (AvgIpc) is 2.98. The number of hydrogen-bond donors (Lipinski definition) is 1. The van der Waals surface area contributed by atoms with Crippen LogP contribution in [0.4, 0.5) is 5.69 Å². The number of nitrogens with one attached hydrogen (secondary N) is 1. The zero-order valence-corrected chi connectivity index (χ0v) is 13.1. The van der Waals surface area contributed by atoms with E-state index in [2.05, 4.69) is 17.1 Å². The second kappa shape index (κ2) is 6.59. The lowest BCUT2D eigenvalue weighted by atomic mass is 10.2. The van der Waals surface area contributed by atoms with Crippen molar-refractivity contribution in [2.45, 2.75) is 37.6 Å². The number of sulfone groups is 1. The molecule has 1 aromatic rings. The summed E-state index contributed by atoms with van der Waals surface area (Å²) >= 11 is 0. The standard InChI is InChI=1S/C15H24N2O2S/c1-3-17(12-13-6-5-11-16-13)14-7-9-15(10-8-14)20(18,19)4-2/h7-10,13,16H,3-6,11-12H2,1-2H3. The van der Waals surface area contributed by atoms with Crippen molar-refractivity contribution in [2.75, 3.05) is 30.3 Å². The molecule has 4 nitrogen and oxygen atoms in total. The van der Waals surface area contributed by atoms with Crippen LogP contribution in [0.25, 0.3) is 0 Å². The molecule has 1 atom stereocenters. The zero-order chi connectivity index (χ0) is 14.6. The van der Waals surface area contributed by atoms with E-state index in [0.29, 0.717) is 10.9 Å². The fourth-order valence-electron chi connectivity index (χ4n) is 2.63. The summed E-state index contributed by atoms with van der Waals surface area (Å²) in [4.78, 5) is 2.71. The monoisotopic (exact) mass is 296 g/mol. The van der Waals surface area contributed by atoms with Crippen molar-refractivity contribution >= 4 is 15.5 Å². The number of likely N-dealkylation sites (N-methyl/N-ethyl adjacent to an activating group) is 1. The van der Waals surface area contributed by atoms with Crippen LogP contribution < -0.4 is 10.2 Å². The Balaban J connectivity index is 2.10. The molecule has 0 radical (unpaired) electrons. The molecule has 1 fully saturated rings. The smallest absolute Gasteiger partial charge is 0.178 e. The molecule has 0 amide bonds. The minimum Gasteiger partial charge on any atom is -0.370 e. The molecule has 1 N–H and O–H groups in total. The molecule has 0 bridgehead atoms. The third-order valence-corrected chi connectivity index (χ3v) is 5.68.